The van der Waals surface area contributed by atoms with Gasteiger partial charge in [0.1, 0.15) is 5.54 Å². The van der Waals surface area contributed by atoms with E-state index in [1.54, 1.807) is 0 Å². The van der Waals surface area contributed by atoms with Crippen molar-refractivity contribution < 1.29 is 4.79 Å². The van der Waals surface area contributed by atoms with Gasteiger partial charge in [-0.15, -0.1) is 5.10 Å². The average molecular weight is 318 g/mol. The molecular formula is C16H26N6O. The molecular weight excluding hydrogens is 292 g/mol. The van der Waals surface area contributed by atoms with Gasteiger partial charge in [-0.25, -0.2) is 4.68 Å². The molecule has 126 valence electrons. The zero-order valence-electron chi connectivity index (χ0n) is 14.1. The average Bonchev–Trinajstić information content (AvgIpc) is 3.00. The number of tetrazole rings is 1. The number of aromatic nitrogens is 4. The van der Waals surface area contributed by atoms with Gasteiger partial charge in [-0.3, -0.25) is 9.69 Å². The topological polar surface area (TPSA) is 67.2 Å². The van der Waals surface area contributed by atoms with Gasteiger partial charge in [0, 0.05) is 19.0 Å². The Balaban J connectivity index is 1.63. The lowest BCUT2D eigenvalue weighted by Gasteiger charge is -2.35. The monoisotopic (exact) mass is 318 g/mol. The molecule has 7 nitrogen and oxygen atoms in total. The van der Waals surface area contributed by atoms with Gasteiger partial charge in [0.2, 0.25) is 5.91 Å². The minimum absolute atomic E-state index is 0.253. The quantitative estimate of drug-likeness (QED) is 0.834. The van der Waals surface area contributed by atoms with Crippen molar-refractivity contribution in [3.8, 4) is 0 Å². The number of rotatable bonds is 4. The van der Waals surface area contributed by atoms with Crippen LogP contribution in [0.1, 0.15) is 56.8 Å². The summed E-state index contributed by atoms with van der Waals surface area (Å²) in [5, 5.41) is 12.7. The first-order valence-electron chi connectivity index (χ1n) is 8.86. The third kappa shape index (κ3) is 2.45. The van der Waals surface area contributed by atoms with Crippen molar-refractivity contribution >= 4 is 5.91 Å². The van der Waals surface area contributed by atoms with E-state index in [9.17, 15) is 4.79 Å². The molecule has 0 bridgehead atoms. The summed E-state index contributed by atoms with van der Waals surface area (Å²) in [6.07, 6.45) is 7.86. The van der Waals surface area contributed by atoms with E-state index in [-0.39, 0.29) is 11.5 Å². The summed E-state index contributed by atoms with van der Waals surface area (Å²) >= 11 is 0. The molecule has 7 heteroatoms. The molecule has 1 aliphatic heterocycles. The summed E-state index contributed by atoms with van der Waals surface area (Å²) in [5.74, 6) is 1.55. The third-order valence-corrected chi connectivity index (χ3v) is 5.92. The van der Waals surface area contributed by atoms with Crippen molar-refractivity contribution in [3.63, 3.8) is 0 Å². The number of amides is 1. The van der Waals surface area contributed by atoms with E-state index in [1.165, 1.54) is 12.8 Å². The Morgan fingerprint density at radius 1 is 1.22 bits per heavy atom. The van der Waals surface area contributed by atoms with E-state index in [2.05, 4.69) is 39.2 Å². The number of hydrogen-bond acceptors (Lipinski definition) is 5. The molecule has 0 aromatic carbocycles. The molecule has 3 aliphatic rings. The first kappa shape index (κ1) is 15.1. The molecule has 23 heavy (non-hydrogen) atoms. The third-order valence-electron chi connectivity index (χ3n) is 5.92. The molecule has 1 atom stereocenters. The minimum atomic E-state index is -0.253. The lowest BCUT2D eigenvalue weighted by atomic mass is 9.95. The molecule has 0 N–H and O–H groups in total. The Bertz CT molecular complexity index is 589. The number of likely N-dealkylation sites (tertiary alicyclic amines) is 1. The van der Waals surface area contributed by atoms with Crippen LogP contribution in [-0.2, 0) is 10.3 Å². The minimum Gasteiger partial charge on any atom is -0.340 e. The van der Waals surface area contributed by atoms with Crippen molar-refractivity contribution in [3.05, 3.63) is 5.82 Å². The number of carbonyl (C=O) groups is 1. The molecule has 1 unspecified atom stereocenters. The number of likely N-dealkylation sites (N-methyl/N-ethyl adjacent to an activating group) is 1. The Labute approximate surface area is 137 Å². The van der Waals surface area contributed by atoms with Crippen LogP contribution in [-0.4, -0.2) is 63.1 Å². The highest BCUT2D eigenvalue weighted by atomic mass is 16.2. The van der Waals surface area contributed by atoms with E-state index in [0.717, 1.165) is 44.5 Å². The number of carbonyl (C=O) groups excluding carboxylic acids is 1. The molecule has 3 fully saturated rings. The smallest absolute Gasteiger partial charge is 0.225 e. The number of nitrogens with zero attached hydrogens (tertiary/aromatic N) is 6. The molecule has 2 heterocycles. The first-order valence-corrected chi connectivity index (χ1v) is 8.86. The van der Waals surface area contributed by atoms with E-state index in [0.29, 0.717) is 18.5 Å². The molecule has 4 rings (SSSR count). The highest BCUT2D eigenvalue weighted by Crippen LogP contribution is 2.40. The molecule has 1 amide bonds. The van der Waals surface area contributed by atoms with Gasteiger partial charge < -0.3 is 4.90 Å². The van der Waals surface area contributed by atoms with Crippen LogP contribution in [0.15, 0.2) is 0 Å². The Hall–Kier alpha value is -1.50. The molecule has 2 saturated carbocycles. The fourth-order valence-corrected chi connectivity index (χ4v) is 4.21. The molecule has 2 aliphatic carbocycles. The molecule has 0 radical (unpaired) electrons. The van der Waals surface area contributed by atoms with Crippen LogP contribution in [0.3, 0.4) is 0 Å². The number of hydrogen-bond donors (Lipinski definition) is 0. The van der Waals surface area contributed by atoms with Gasteiger partial charge in [0.25, 0.3) is 0 Å². The van der Waals surface area contributed by atoms with Gasteiger partial charge in [-0.2, -0.15) is 0 Å². The zero-order chi connectivity index (χ0) is 16.0. The largest absolute Gasteiger partial charge is 0.340 e. The Kier molecular flexibility index (Phi) is 3.63. The SMILES string of the molecule is CN(C)C1(c2nnnn2C2CCCC2)CCN(C(=O)C2CC2)C1. The van der Waals surface area contributed by atoms with Gasteiger partial charge in [0.05, 0.1) is 6.04 Å². The molecule has 1 aromatic heterocycles. The van der Waals surface area contributed by atoms with Gasteiger partial charge in [0.15, 0.2) is 5.82 Å². The van der Waals surface area contributed by atoms with E-state index >= 15 is 0 Å². The fourth-order valence-electron chi connectivity index (χ4n) is 4.21. The summed E-state index contributed by atoms with van der Waals surface area (Å²) in [7, 11) is 4.16. The summed E-state index contributed by atoms with van der Waals surface area (Å²) in [6.45, 7) is 1.52. The fraction of sp³-hybridized carbons (Fsp3) is 0.875. The summed E-state index contributed by atoms with van der Waals surface area (Å²) in [6, 6.07) is 0.421. The summed E-state index contributed by atoms with van der Waals surface area (Å²) in [4.78, 5) is 16.7. The second kappa shape index (κ2) is 5.54. The summed E-state index contributed by atoms with van der Waals surface area (Å²) in [5.41, 5.74) is -0.253. The van der Waals surface area contributed by atoms with Crippen molar-refractivity contribution in [2.75, 3.05) is 27.2 Å². The molecule has 1 saturated heterocycles. The van der Waals surface area contributed by atoms with Crippen molar-refractivity contribution in [2.24, 2.45) is 5.92 Å². The van der Waals surface area contributed by atoms with Crippen LogP contribution in [0.4, 0.5) is 0 Å². The molecule has 0 spiro atoms. The maximum Gasteiger partial charge on any atom is 0.225 e. The van der Waals surface area contributed by atoms with Crippen molar-refractivity contribution in [1.82, 2.24) is 30.0 Å². The standard InChI is InChI=1S/C16H26N6O/c1-20(2)16(9-10-21(11-16)14(23)12-7-8-12)15-17-18-19-22(15)13-5-3-4-6-13/h12-13H,3-11H2,1-2H3. The Morgan fingerprint density at radius 2 is 1.96 bits per heavy atom. The van der Waals surface area contributed by atoms with Crippen LogP contribution in [0.5, 0.6) is 0 Å². The zero-order valence-corrected chi connectivity index (χ0v) is 14.1. The summed E-state index contributed by atoms with van der Waals surface area (Å²) < 4.78 is 2.05. The predicted octanol–water partition coefficient (Wildman–Crippen LogP) is 1.19. The van der Waals surface area contributed by atoms with Crippen LogP contribution >= 0.6 is 0 Å². The highest BCUT2D eigenvalue weighted by molar-refractivity contribution is 5.81. The Morgan fingerprint density at radius 3 is 2.61 bits per heavy atom. The predicted molar refractivity (Wildman–Crippen MR) is 84.6 cm³/mol. The maximum absolute atomic E-state index is 12.5. The maximum atomic E-state index is 12.5. The van der Waals surface area contributed by atoms with Gasteiger partial charge >= 0.3 is 0 Å². The second-order valence-corrected chi connectivity index (χ2v) is 7.60. The second-order valence-electron chi connectivity index (χ2n) is 7.60. The first-order chi connectivity index (χ1) is 11.1. The van der Waals surface area contributed by atoms with Crippen molar-refractivity contribution in [2.45, 2.75) is 56.5 Å². The van der Waals surface area contributed by atoms with Crippen LogP contribution in [0.2, 0.25) is 0 Å². The van der Waals surface area contributed by atoms with E-state index in [4.69, 9.17) is 0 Å². The van der Waals surface area contributed by atoms with Crippen molar-refractivity contribution in [1.29, 1.82) is 0 Å². The van der Waals surface area contributed by atoms with E-state index in [1.807, 2.05) is 4.90 Å². The van der Waals surface area contributed by atoms with Crippen LogP contribution in [0, 0.1) is 5.92 Å². The van der Waals surface area contributed by atoms with Gasteiger partial charge in [-0.05, 0) is 56.6 Å². The lowest BCUT2D eigenvalue weighted by molar-refractivity contribution is -0.132. The van der Waals surface area contributed by atoms with Crippen LogP contribution in [0.25, 0.3) is 0 Å². The molecule has 1 aromatic rings. The van der Waals surface area contributed by atoms with E-state index < -0.39 is 0 Å². The highest BCUT2D eigenvalue weighted by Gasteiger charge is 2.49. The van der Waals surface area contributed by atoms with Gasteiger partial charge in [-0.1, -0.05) is 12.8 Å². The lowest BCUT2D eigenvalue weighted by Crippen LogP contribution is -2.47. The van der Waals surface area contributed by atoms with Crippen LogP contribution < -0.4 is 0 Å². The normalized spacial score (nSPS) is 28.9.